The number of amides is 2. The van der Waals surface area contributed by atoms with Crippen LogP contribution in [0.15, 0.2) is 18.3 Å². The van der Waals surface area contributed by atoms with Crippen LogP contribution in [-0.2, 0) is 9.59 Å². The Labute approximate surface area is 116 Å². The molecule has 1 aliphatic heterocycles. The lowest BCUT2D eigenvalue weighted by molar-refractivity contribution is -0.133. The maximum atomic E-state index is 12.3. The zero-order chi connectivity index (χ0) is 13.5. The van der Waals surface area contributed by atoms with Crippen LogP contribution >= 0.6 is 11.6 Å². The first-order valence-electron chi connectivity index (χ1n) is 6.58. The lowest BCUT2D eigenvalue weighted by Crippen LogP contribution is -2.47. The first kappa shape index (κ1) is 12.6. The van der Waals surface area contributed by atoms with Crippen molar-refractivity contribution in [2.75, 3.05) is 4.90 Å². The van der Waals surface area contributed by atoms with Gasteiger partial charge in [-0.15, -0.1) is 0 Å². The molecule has 4 nitrogen and oxygen atoms in total. The molecule has 0 radical (unpaired) electrons. The van der Waals surface area contributed by atoms with Crippen molar-refractivity contribution in [1.82, 2.24) is 4.98 Å². The summed E-state index contributed by atoms with van der Waals surface area (Å²) in [5.74, 6) is -0.0653. The van der Waals surface area contributed by atoms with Gasteiger partial charge in [0.1, 0.15) is 0 Å². The smallest absolute Gasteiger partial charge is 0.235 e. The highest BCUT2D eigenvalue weighted by Crippen LogP contribution is 2.47. The molecule has 1 aliphatic carbocycles. The molecule has 1 saturated heterocycles. The molecule has 100 valence electrons. The average Bonchev–Trinajstić information content (AvgIpc) is 2.78. The third-order valence-electron chi connectivity index (χ3n) is 4.17. The van der Waals surface area contributed by atoms with Crippen molar-refractivity contribution in [1.29, 1.82) is 0 Å². The fraction of sp³-hybridized carbons (Fsp3) is 0.500. The van der Waals surface area contributed by atoms with Gasteiger partial charge in [0.15, 0.2) is 5.82 Å². The predicted molar refractivity (Wildman–Crippen MR) is 71.9 cm³/mol. The number of nitrogens with zero attached hydrogens (tertiary/aromatic N) is 2. The third-order valence-corrected chi connectivity index (χ3v) is 4.46. The summed E-state index contributed by atoms with van der Waals surface area (Å²) < 4.78 is 0. The number of anilines is 1. The summed E-state index contributed by atoms with van der Waals surface area (Å²) in [7, 11) is 0. The van der Waals surface area contributed by atoms with Gasteiger partial charge < -0.3 is 0 Å². The van der Waals surface area contributed by atoms with Crippen LogP contribution in [0, 0.1) is 5.41 Å². The van der Waals surface area contributed by atoms with Crippen LogP contribution < -0.4 is 4.90 Å². The predicted octanol–water partition coefficient (Wildman–Crippen LogP) is 2.95. The summed E-state index contributed by atoms with van der Waals surface area (Å²) in [4.78, 5) is 29.9. The summed E-state index contributed by atoms with van der Waals surface area (Å²) in [6, 6.07) is 3.33. The Balaban J connectivity index is 1.91. The minimum absolute atomic E-state index is 0.0913. The topological polar surface area (TPSA) is 50.3 Å². The SMILES string of the molecule is O=C1CC2(CCCC2)CC(=O)N1c1ncccc1Cl. The lowest BCUT2D eigenvalue weighted by atomic mass is 9.76. The van der Waals surface area contributed by atoms with Crippen molar-refractivity contribution in [3.8, 4) is 0 Å². The molecular formula is C14H15ClN2O2. The minimum Gasteiger partial charge on any atom is -0.274 e. The zero-order valence-electron chi connectivity index (χ0n) is 10.6. The third kappa shape index (κ3) is 2.14. The Bertz CT molecular complexity index is 518. The van der Waals surface area contributed by atoms with Gasteiger partial charge in [-0.25, -0.2) is 9.88 Å². The van der Waals surface area contributed by atoms with Crippen LogP contribution in [0.2, 0.25) is 5.02 Å². The number of pyridine rings is 1. The van der Waals surface area contributed by atoms with Crippen molar-refractivity contribution in [3.05, 3.63) is 23.4 Å². The van der Waals surface area contributed by atoms with Crippen LogP contribution in [-0.4, -0.2) is 16.8 Å². The molecule has 2 amide bonds. The van der Waals surface area contributed by atoms with Gasteiger partial charge in [0.05, 0.1) is 5.02 Å². The number of rotatable bonds is 1. The van der Waals surface area contributed by atoms with E-state index in [-0.39, 0.29) is 23.0 Å². The first-order valence-corrected chi connectivity index (χ1v) is 6.95. The molecule has 0 bridgehead atoms. The van der Waals surface area contributed by atoms with Crippen molar-refractivity contribution in [2.24, 2.45) is 5.41 Å². The molecule has 2 heterocycles. The molecule has 2 aliphatic rings. The van der Waals surface area contributed by atoms with E-state index in [2.05, 4.69) is 4.98 Å². The number of carbonyl (C=O) groups excluding carboxylic acids is 2. The Kier molecular flexibility index (Phi) is 3.05. The summed E-state index contributed by atoms with van der Waals surface area (Å²) in [5.41, 5.74) is -0.0913. The molecule has 1 aromatic heterocycles. The molecule has 0 aromatic carbocycles. The fourth-order valence-electron chi connectivity index (χ4n) is 3.26. The van der Waals surface area contributed by atoms with Crippen LogP contribution in [0.4, 0.5) is 5.82 Å². The highest BCUT2D eigenvalue weighted by Gasteiger charge is 2.46. The molecule has 1 spiro atoms. The van der Waals surface area contributed by atoms with E-state index in [1.807, 2.05) is 0 Å². The van der Waals surface area contributed by atoms with Gasteiger partial charge >= 0.3 is 0 Å². The fourth-order valence-corrected chi connectivity index (χ4v) is 3.46. The Morgan fingerprint density at radius 1 is 1.16 bits per heavy atom. The molecule has 5 heteroatoms. The molecule has 2 fully saturated rings. The van der Waals surface area contributed by atoms with E-state index in [9.17, 15) is 9.59 Å². The molecular weight excluding hydrogens is 264 g/mol. The average molecular weight is 279 g/mol. The Morgan fingerprint density at radius 3 is 2.37 bits per heavy atom. The zero-order valence-corrected chi connectivity index (χ0v) is 11.3. The molecule has 0 unspecified atom stereocenters. The van der Waals surface area contributed by atoms with E-state index in [0.717, 1.165) is 30.6 Å². The number of imide groups is 1. The highest BCUT2D eigenvalue weighted by atomic mass is 35.5. The molecule has 3 rings (SSSR count). The lowest BCUT2D eigenvalue weighted by Gasteiger charge is -2.36. The second-order valence-electron chi connectivity index (χ2n) is 5.49. The van der Waals surface area contributed by atoms with Crippen LogP contribution in [0.5, 0.6) is 0 Å². The highest BCUT2D eigenvalue weighted by molar-refractivity contribution is 6.34. The van der Waals surface area contributed by atoms with Crippen molar-refractivity contribution >= 4 is 29.2 Å². The largest absolute Gasteiger partial charge is 0.274 e. The van der Waals surface area contributed by atoms with E-state index in [0.29, 0.717) is 17.9 Å². The maximum absolute atomic E-state index is 12.3. The standard InChI is InChI=1S/C14H15ClN2O2/c15-10-4-3-7-16-13(10)17-11(18)8-14(9-12(17)19)5-1-2-6-14/h3-4,7H,1-2,5-6,8-9H2. The van der Waals surface area contributed by atoms with Crippen LogP contribution in [0.3, 0.4) is 0 Å². The van der Waals surface area contributed by atoms with E-state index < -0.39 is 0 Å². The Hall–Kier alpha value is -1.42. The van der Waals surface area contributed by atoms with Gasteiger partial charge in [0, 0.05) is 19.0 Å². The van der Waals surface area contributed by atoms with Gasteiger partial charge in [0.2, 0.25) is 11.8 Å². The monoisotopic (exact) mass is 278 g/mol. The molecule has 0 atom stereocenters. The quantitative estimate of drug-likeness (QED) is 0.742. The van der Waals surface area contributed by atoms with Crippen molar-refractivity contribution in [2.45, 2.75) is 38.5 Å². The van der Waals surface area contributed by atoms with E-state index in [1.165, 1.54) is 0 Å². The first-order chi connectivity index (χ1) is 9.11. The Morgan fingerprint density at radius 2 is 1.79 bits per heavy atom. The molecule has 0 N–H and O–H groups in total. The van der Waals surface area contributed by atoms with Crippen LogP contribution in [0.1, 0.15) is 38.5 Å². The number of piperidine rings is 1. The van der Waals surface area contributed by atoms with E-state index >= 15 is 0 Å². The van der Waals surface area contributed by atoms with Crippen molar-refractivity contribution < 1.29 is 9.59 Å². The number of aromatic nitrogens is 1. The minimum atomic E-state index is -0.168. The van der Waals surface area contributed by atoms with Gasteiger partial charge in [0.25, 0.3) is 0 Å². The second kappa shape index (κ2) is 4.60. The van der Waals surface area contributed by atoms with E-state index in [1.54, 1.807) is 18.3 Å². The van der Waals surface area contributed by atoms with Gasteiger partial charge in [-0.05, 0) is 30.4 Å². The number of hydrogen-bond acceptors (Lipinski definition) is 3. The van der Waals surface area contributed by atoms with Crippen molar-refractivity contribution in [3.63, 3.8) is 0 Å². The van der Waals surface area contributed by atoms with Gasteiger partial charge in [-0.1, -0.05) is 24.4 Å². The molecule has 1 saturated carbocycles. The summed E-state index contributed by atoms with van der Waals surface area (Å²) in [5, 5.41) is 0.339. The normalized spacial score (nSPS) is 22.3. The maximum Gasteiger partial charge on any atom is 0.235 e. The summed E-state index contributed by atoms with van der Waals surface area (Å²) in [6.45, 7) is 0. The van der Waals surface area contributed by atoms with Gasteiger partial charge in [-0.3, -0.25) is 9.59 Å². The summed E-state index contributed by atoms with van der Waals surface area (Å²) in [6.07, 6.45) is 6.61. The second-order valence-corrected chi connectivity index (χ2v) is 5.90. The number of halogens is 1. The van der Waals surface area contributed by atoms with Gasteiger partial charge in [-0.2, -0.15) is 0 Å². The summed E-state index contributed by atoms with van der Waals surface area (Å²) >= 11 is 6.03. The van der Waals surface area contributed by atoms with E-state index in [4.69, 9.17) is 11.6 Å². The number of carbonyl (C=O) groups is 2. The molecule has 1 aromatic rings. The van der Waals surface area contributed by atoms with Crippen LogP contribution in [0.25, 0.3) is 0 Å². The molecule has 19 heavy (non-hydrogen) atoms. The number of hydrogen-bond donors (Lipinski definition) is 0.